The van der Waals surface area contributed by atoms with Crippen molar-refractivity contribution in [2.24, 2.45) is 11.8 Å². The van der Waals surface area contributed by atoms with E-state index < -0.39 is 11.9 Å². The standard InChI is InChI=1S/C12H20N2O3/c15-11(16)10-2-1-7-14(8-10)12(17)13-6-5-9-3-4-9/h9-10H,1-8H2,(H,13,17)(H,15,16)/t10-/m1/s1. The van der Waals surface area contributed by atoms with Gasteiger partial charge in [0.05, 0.1) is 5.92 Å². The van der Waals surface area contributed by atoms with Crippen molar-refractivity contribution in [3.05, 3.63) is 0 Å². The molecule has 2 amide bonds. The molecule has 1 aliphatic heterocycles. The monoisotopic (exact) mass is 240 g/mol. The Kier molecular flexibility index (Phi) is 3.86. The number of rotatable bonds is 4. The maximum absolute atomic E-state index is 11.8. The number of nitrogens with zero attached hydrogens (tertiary/aromatic N) is 1. The van der Waals surface area contributed by atoms with E-state index in [0.717, 1.165) is 25.3 Å². The number of aliphatic carboxylic acids is 1. The Morgan fingerprint density at radius 2 is 2.06 bits per heavy atom. The normalized spacial score (nSPS) is 24.5. The second-order valence-corrected chi connectivity index (χ2v) is 5.09. The van der Waals surface area contributed by atoms with Gasteiger partial charge in [-0.25, -0.2) is 4.79 Å². The first-order valence-corrected chi connectivity index (χ1v) is 6.42. The van der Waals surface area contributed by atoms with Crippen LogP contribution in [-0.2, 0) is 4.79 Å². The van der Waals surface area contributed by atoms with Crippen molar-refractivity contribution in [3.63, 3.8) is 0 Å². The fourth-order valence-electron chi connectivity index (χ4n) is 2.26. The number of carbonyl (C=O) groups is 2. The zero-order chi connectivity index (χ0) is 12.3. The molecule has 2 fully saturated rings. The summed E-state index contributed by atoms with van der Waals surface area (Å²) >= 11 is 0. The third-order valence-corrected chi connectivity index (χ3v) is 3.58. The highest BCUT2D eigenvalue weighted by molar-refractivity contribution is 5.76. The Bertz CT molecular complexity index is 302. The number of amides is 2. The molecule has 1 saturated carbocycles. The highest BCUT2D eigenvalue weighted by Crippen LogP contribution is 2.31. The summed E-state index contributed by atoms with van der Waals surface area (Å²) in [7, 11) is 0. The Morgan fingerprint density at radius 1 is 1.29 bits per heavy atom. The van der Waals surface area contributed by atoms with Gasteiger partial charge in [0, 0.05) is 19.6 Å². The van der Waals surface area contributed by atoms with Crippen LogP contribution < -0.4 is 5.32 Å². The molecule has 1 atom stereocenters. The summed E-state index contributed by atoms with van der Waals surface area (Å²) in [6, 6.07) is -0.100. The van der Waals surface area contributed by atoms with Gasteiger partial charge in [-0.3, -0.25) is 4.79 Å². The maximum Gasteiger partial charge on any atom is 0.317 e. The molecule has 17 heavy (non-hydrogen) atoms. The van der Waals surface area contributed by atoms with Crippen LogP contribution in [0.5, 0.6) is 0 Å². The molecule has 2 rings (SSSR count). The third kappa shape index (κ3) is 3.61. The van der Waals surface area contributed by atoms with Crippen LogP contribution in [0.4, 0.5) is 4.79 Å². The summed E-state index contributed by atoms with van der Waals surface area (Å²) in [5.74, 6) is -0.373. The summed E-state index contributed by atoms with van der Waals surface area (Å²) in [5, 5.41) is 11.8. The molecule has 0 aromatic rings. The van der Waals surface area contributed by atoms with Crippen molar-refractivity contribution < 1.29 is 14.7 Å². The molecule has 0 unspecified atom stereocenters. The number of hydrogen-bond acceptors (Lipinski definition) is 2. The van der Waals surface area contributed by atoms with E-state index in [1.807, 2.05) is 0 Å². The number of likely N-dealkylation sites (tertiary alicyclic amines) is 1. The van der Waals surface area contributed by atoms with Crippen molar-refractivity contribution in [2.75, 3.05) is 19.6 Å². The minimum atomic E-state index is -0.791. The van der Waals surface area contributed by atoms with Crippen molar-refractivity contribution >= 4 is 12.0 Å². The number of hydrogen-bond donors (Lipinski definition) is 2. The van der Waals surface area contributed by atoms with Gasteiger partial charge < -0.3 is 15.3 Å². The van der Waals surface area contributed by atoms with Gasteiger partial charge in [0.1, 0.15) is 0 Å². The lowest BCUT2D eigenvalue weighted by molar-refractivity contribution is -0.143. The van der Waals surface area contributed by atoms with Crippen LogP contribution >= 0.6 is 0 Å². The second-order valence-electron chi connectivity index (χ2n) is 5.09. The molecule has 1 heterocycles. The van der Waals surface area contributed by atoms with E-state index in [0.29, 0.717) is 19.5 Å². The van der Waals surface area contributed by atoms with Crippen molar-refractivity contribution in [1.29, 1.82) is 0 Å². The fraction of sp³-hybridized carbons (Fsp3) is 0.833. The largest absolute Gasteiger partial charge is 0.481 e. The van der Waals surface area contributed by atoms with Gasteiger partial charge in [0.15, 0.2) is 0 Å². The number of carbonyl (C=O) groups excluding carboxylic acids is 1. The minimum absolute atomic E-state index is 0.100. The van der Waals surface area contributed by atoms with Crippen LogP contribution in [0, 0.1) is 11.8 Å². The van der Waals surface area contributed by atoms with Crippen LogP contribution in [-0.4, -0.2) is 41.6 Å². The number of nitrogens with one attached hydrogen (secondary N) is 1. The molecule has 0 aromatic heterocycles. The predicted octanol–water partition coefficient (Wildman–Crippen LogP) is 1.29. The van der Waals surface area contributed by atoms with Gasteiger partial charge in [-0.15, -0.1) is 0 Å². The number of piperidine rings is 1. The maximum atomic E-state index is 11.8. The van der Waals surface area contributed by atoms with Crippen LogP contribution in [0.1, 0.15) is 32.1 Å². The first-order valence-electron chi connectivity index (χ1n) is 6.42. The van der Waals surface area contributed by atoms with E-state index in [1.165, 1.54) is 12.8 Å². The molecule has 96 valence electrons. The second kappa shape index (κ2) is 5.38. The van der Waals surface area contributed by atoms with Crippen LogP contribution in [0.3, 0.4) is 0 Å². The summed E-state index contributed by atoms with van der Waals surface area (Å²) in [6.07, 6.45) is 5.11. The van der Waals surface area contributed by atoms with Gasteiger partial charge in [0.2, 0.25) is 0 Å². The summed E-state index contributed by atoms with van der Waals surface area (Å²) < 4.78 is 0. The Balaban J connectivity index is 1.71. The molecule has 5 nitrogen and oxygen atoms in total. The lowest BCUT2D eigenvalue weighted by atomic mass is 9.99. The van der Waals surface area contributed by atoms with E-state index in [4.69, 9.17) is 5.11 Å². The molecule has 0 bridgehead atoms. The van der Waals surface area contributed by atoms with E-state index in [9.17, 15) is 9.59 Å². The Labute approximate surface area is 101 Å². The molecule has 1 aliphatic carbocycles. The van der Waals surface area contributed by atoms with Gasteiger partial charge in [-0.1, -0.05) is 12.8 Å². The van der Waals surface area contributed by atoms with E-state index in [1.54, 1.807) is 4.90 Å². The average Bonchev–Trinajstić information content (AvgIpc) is 3.13. The SMILES string of the molecule is O=C(O)[C@@H]1CCCN(C(=O)NCCC2CC2)C1. The first-order chi connectivity index (χ1) is 8.16. The van der Waals surface area contributed by atoms with Crippen molar-refractivity contribution in [1.82, 2.24) is 10.2 Å². The molecule has 0 spiro atoms. The van der Waals surface area contributed by atoms with Gasteiger partial charge in [-0.2, -0.15) is 0 Å². The third-order valence-electron chi connectivity index (χ3n) is 3.58. The smallest absolute Gasteiger partial charge is 0.317 e. The number of carboxylic acid groups (broad SMARTS) is 1. The van der Waals surface area contributed by atoms with Gasteiger partial charge in [-0.05, 0) is 25.2 Å². The van der Waals surface area contributed by atoms with Gasteiger partial charge in [0.25, 0.3) is 0 Å². The molecule has 0 radical (unpaired) electrons. The zero-order valence-corrected chi connectivity index (χ0v) is 10.0. The van der Waals surface area contributed by atoms with E-state index >= 15 is 0 Å². The van der Waals surface area contributed by atoms with E-state index in [2.05, 4.69) is 5.32 Å². The van der Waals surface area contributed by atoms with E-state index in [-0.39, 0.29) is 6.03 Å². The number of carboxylic acids is 1. The molecule has 0 aromatic carbocycles. The molecule has 2 aliphatic rings. The molecular formula is C12H20N2O3. The molecule has 5 heteroatoms. The van der Waals surface area contributed by atoms with Crippen molar-refractivity contribution in [2.45, 2.75) is 32.1 Å². The van der Waals surface area contributed by atoms with Crippen LogP contribution in [0.25, 0.3) is 0 Å². The first kappa shape index (κ1) is 12.2. The lowest BCUT2D eigenvalue weighted by Crippen LogP contribution is -2.47. The average molecular weight is 240 g/mol. The fourth-order valence-corrected chi connectivity index (χ4v) is 2.26. The van der Waals surface area contributed by atoms with Gasteiger partial charge >= 0.3 is 12.0 Å². The van der Waals surface area contributed by atoms with Crippen LogP contribution in [0.2, 0.25) is 0 Å². The number of urea groups is 1. The molecule has 2 N–H and O–H groups in total. The van der Waals surface area contributed by atoms with Crippen molar-refractivity contribution in [3.8, 4) is 0 Å². The highest BCUT2D eigenvalue weighted by Gasteiger charge is 2.28. The quantitative estimate of drug-likeness (QED) is 0.778. The Hall–Kier alpha value is -1.26. The Morgan fingerprint density at radius 3 is 2.71 bits per heavy atom. The predicted molar refractivity (Wildman–Crippen MR) is 62.7 cm³/mol. The molecular weight excluding hydrogens is 220 g/mol. The highest BCUT2D eigenvalue weighted by atomic mass is 16.4. The molecule has 1 saturated heterocycles. The summed E-state index contributed by atoms with van der Waals surface area (Å²) in [4.78, 5) is 24.3. The van der Waals surface area contributed by atoms with Crippen LogP contribution in [0.15, 0.2) is 0 Å². The summed E-state index contributed by atoms with van der Waals surface area (Å²) in [5.41, 5.74) is 0. The summed E-state index contributed by atoms with van der Waals surface area (Å²) in [6.45, 7) is 1.75. The zero-order valence-electron chi connectivity index (χ0n) is 10.0. The topological polar surface area (TPSA) is 69.6 Å². The lowest BCUT2D eigenvalue weighted by Gasteiger charge is -2.30. The minimum Gasteiger partial charge on any atom is -0.481 e.